The van der Waals surface area contributed by atoms with Gasteiger partial charge >= 0.3 is 6.18 Å². The Labute approximate surface area is 124 Å². The van der Waals surface area contributed by atoms with Gasteiger partial charge in [0.25, 0.3) is 0 Å². The van der Waals surface area contributed by atoms with Crippen molar-refractivity contribution in [2.24, 2.45) is 5.73 Å². The second-order valence-corrected chi connectivity index (χ2v) is 5.52. The van der Waals surface area contributed by atoms with Crippen LogP contribution in [0.4, 0.5) is 13.2 Å². The van der Waals surface area contributed by atoms with Crippen molar-refractivity contribution >= 4 is 5.91 Å². The van der Waals surface area contributed by atoms with Crippen LogP contribution in [-0.2, 0) is 4.79 Å². The molecule has 0 aromatic carbocycles. The average Bonchev–Trinajstić information content (AvgIpc) is 2.67. The van der Waals surface area contributed by atoms with Gasteiger partial charge < -0.3 is 10.6 Å². The number of hydrogen-bond acceptors (Lipinski definition) is 3. The van der Waals surface area contributed by atoms with Gasteiger partial charge in [-0.3, -0.25) is 9.69 Å². The number of carbonyl (C=O) groups excluding carboxylic acids is 1. The summed E-state index contributed by atoms with van der Waals surface area (Å²) < 4.78 is 36.5. The first-order valence-electron chi connectivity index (χ1n) is 7.66. The lowest BCUT2D eigenvalue weighted by atomic mass is 10.1. The summed E-state index contributed by atoms with van der Waals surface area (Å²) in [6.07, 6.45) is -3.02. The van der Waals surface area contributed by atoms with Gasteiger partial charge in [-0.1, -0.05) is 6.92 Å². The second kappa shape index (κ2) is 8.58. The Morgan fingerprint density at radius 2 is 1.95 bits per heavy atom. The number of amides is 1. The fourth-order valence-electron chi connectivity index (χ4n) is 2.80. The molecular weight excluding hydrogens is 283 g/mol. The number of alkyl halides is 3. The first-order chi connectivity index (χ1) is 9.87. The monoisotopic (exact) mass is 309 g/mol. The summed E-state index contributed by atoms with van der Waals surface area (Å²) in [6.45, 7) is 5.39. The predicted molar refractivity (Wildman–Crippen MR) is 75.8 cm³/mol. The van der Waals surface area contributed by atoms with Crippen molar-refractivity contribution in [2.45, 2.75) is 51.2 Å². The van der Waals surface area contributed by atoms with E-state index in [1.807, 2.05) is 0 Å². The number of nitrogens with two attached hydrogens (primary N) is 1. The summed E-state index contributed by atoms with van der Waals surface area (Å²) >= 11 is 0. The van der Waals surface area contributed by atoms with Crippen molar-refractivity contribution in [3.05, 3.63) is 0 Å². The molecule has 124 valence electrons. The van der Waals surface area contributed by atoms with Crippen molar-refractivity contribution in [1.82, 2.24) is 9.80 Å². The summed E-state index contributed by atoms with van der Waals surface area (Å²) in [6, 6.07) is 0.403. The molecule has 0 aromatic rings. The maximum Gasteiger partial charge on any atom is 0.389 e. The highest BCUT2D eigenvalue weighted by molar-refractivity contribution is 5.76. The van der Waals surface area contributed by atoms with Gasteiger partial charge in [-0.2, -0.15) is 13.2 Å². The summed E-state index contributed by atoms with van der Waals surface area (Å²) in [5.41, 5.74) is 5.61. The molecule has 21 heavy (non-hydrogen) atoms. The van der Waals surface area contributed by atoms with E-state index in [0.717, 1.165) is 32.4 Å². The number of halogens is 3. The van der Waals surface area contributed by atoms with E-state index in [1.54, 1.807) is 4.90 Å². The van der Waals surface area contributed by atoms with E-state index >= 15 is 0 Å². The molecule has 1 unspecified atom stereocenters. The number of rotatable bonds is 6. The third kappa shape index (κ3) is 6.65. The maximum absolute atomic E-state index is 12.2. The fraction of sp³-hybridized carbons (Fsp3) is 0.929. The van der Waals surface area contributed by atoms with E-state index in [-0.39, 0.29) is 5.91 Å². The highest BCUT2D eigenvalue weighted by Crippen LogP contribution is 2.22. The smallest absolute Gasteiger partial charge is 0.341 e. The van der Waals surface area contributed by atoms with Gasteiger partial charge in [0.15, 0.2) is 0 Å². The number of carbonyl (C=O) groups is 1. The third-order valence-electron chi connectivity index (χ3n) is 3.99. The molecule has 4 nitrogen and oxygen atoms in total. The first-order valence-corrected chi connectivity index (χ1v) is 7.66. The van der Waals surface area contributed by atoms with Crippen LogP contribution in [0.15, 0.2) is 0 Å². The molecule has 1 aliphatic heterocycles. The van der Waals surface area contributed by atoms with Crippen molar-refractivity contribution in [3.63, 3.8) is 0 Å². The number of hydrogen-bond donors (Lipinski definition) is 1. The van der Waals surface area contributed by atoms with Crippen molar-refractivity contribution in [2.75, 3.05) is 32.7 Å². The molecule has 0 aliphatic carbocycles. The minimum absolute atomic E-state index is 0.388. The summed E-state index contributed by atoms with van der Waals surface area (Å²) in [5, 5.41) is 0. The lowest BCUT2D eigenvalue weighted by molar-refractivity contribution is -0.149. The second-order valence-electron chi connectivity index (χ2n) is 5.52. The van der Waals surface area contributed by atoms with Gasteiger partial charge in [-0.15, -0.1) is 0 Å². The lowest BCUT2D eigenvalue weighted by Gasteiger charge is -2.29. The normalized spacial score (nSPS) is 19.4. The van der Waals surface area contributed by atoms with E-state index < -0.39 is 19.0 Å². The van der Waals surface area contributed by atoms with Gasteiger partial charge in [-0.25, -0.2) is 0 Å². The van der Waals surface area contributed by atoms with Crippen molar-refractivity contribution in [1.29, 1.82) is 0 Å². The zero-order chi connectivity index (χ0) is 15.9. The van der Waals surface area contributed by atoms with Gasteiger partial charge in [0.05, 0.1) is 6.42 Å². The van der Waals surface area contributed by atoms with E-state index in [1.165, 1.54) is 0 Å². The van der Waals surface area contributed by atoms with Gasteiger partial charge in [0.1, 0.15) is 0 Å². The van der Waals surface area contributed by atoms with Crippen LogP contribution in [0.25, 0.3) is 0 Å². The van der Waals surface area contributed by atoms with Crippen molar-refractivity contribution in [3.8, 4) is 0 Å². The molecule has 1 atom stereocenters. The molecule has 0 saturated carbocycles. The molecule has 1 aliphatic rings. The van der Waals surface area contributed by atoms with Gasteiger partial charge in [-0.05, 0) is 25.8 Å². The van der Waals surface area contributed by atoms with Crippen LogP contribution in [0.2, 0.25) is 0 Å². The zero-order valence-corrected chi connectivity index (χ0v) is 12.7. The maximum atomic E-state index is 12.2. The Morgan fingerprint density at radius 1 is 1.24 bits per heavy atom. The Kier molecular flexibility index (Phi) is 7.45. The zero-order valence-electron chi connectivity index (χ0n) is 12.7. The molecule has 2 N–H and O–H groups in total. The third-order valence-corrected chi connectivity index (χ3v) is 3.99. The van der Waals surface area contributed by atoms with Crippen LogP contribution in [0.5, 0.6) is 0 Å². The SMILES string of the molecule is CCC(CCN)N1CCCN(C(=O)CCC(F)(F)F)CC1. The molecule has 1 fully saturated rings. The van der Waals surface area contributed by atoms with E-state index in [4.69, 9.17) is 5.73 Å². The Morgan fingerprint density at radius 3 is 2.52 bits per heavy atom. The lowest BCUT2D eigenvalue weighted by Crippen LogP contribution is -2.40. The van der Waals surface area contributed by atoms with Crippen LogP contribution < -0.4 is 5.73 Å². The fourth-order valence-corrected chi connectivity index (χ4v) is 2.80. The van der Waals surface area contributed by atoms with Crippen LogP contribution in [0.3, 0.4) is 0 Å². The van der Waals surface area contributed by atoms with Crippen molar-refractivity contribution < 1.29 is 18.0 Å². The molecule has 0 radical (unpaired) electrons. The summed E-state index contributed by atoms with van der Waals surface area (Å²) in [5.74, 6) is -0.388. The van der Waals surface area contributed by atoms with E-state index in [0.29, 0.717) is 25.7 Å². The first kappa shape index (κ1) is 18.2. The van der Waals surface area contributed by atoms with Gasteiger partial charge in [0, 0.05) is 38.6 Å². The largest absolute Gasteiger partial charge is 0.389 e. The average molecular weight is 309 g/mol. The minimum Gasteiger partial charge on any atom is -0.341 e. The van der Waals surface area contributed by atoms with Crippen LogP contribution in [-0.4, -0.2) is 60.6 Å². The summed E-state index contributed by atoms with van der Waals surface area (Å²) in [4.78, 5) is 15.7. The molecule has 0 aromatic heterocycles. The molecule has 1 amide bonds. The van der Waals surface area contributed by atoms with Crippen LogP contribution >= 0.6 is 0 Å². The Balaban J connectivity index is 2.46. The molecule has 1 rings (SSSR count). The predicted octanol–water partition coefficient (Wildman–Crippen LogP) is 1.99. The standard InChI is InChI=1S/C14H26F3N3O/c1-2-12(5-7-18)19-8-3-9-20(11-10-19)13(21)4-6-14(15,16)17/h12H,2-11,18H2,1H3. The van der Waals surface area contributed by atoms with Crippen LogP contribution in [0.1, 0.15) is 39.0 Å². The van der Waals surface area contributed by atoms with Crippen LogP contribution in [0, 0.1) is 0 Å². The van der Waals surface area contributed by atoms with E-state index in [2.05, 4.69) is 11.8 Å². The van der Waals surface area contributed by atoms with E-state index in [9.17, 15) is 18.0 Å². The Hall–Kier alpha value is -0.820. The highest BCUT2D eigenvalue weighted by Gasteiger charge is 2.30. The number of nitrogens with zero attached hydrogens (tertiary/aromatic N) is 2. The molecule has 7 heteroatoms. The van der Waals surface area contributed by atoms with Gasteiger partial charge in [0.2, 0.25) is 5.91 Å². The molecule has 1 saturated heterocycles. The molecule has 0 bridgehead atoms. The minimum atomic E-state index is -4.26. The Bertz CT molecular complexity index is 323. The topological polar surface area (TPSA) is 49.6 Å². The summed E-state index contributed by atoms with van der Waals surface area (Å²) in [7, 11) is 0. The highest BCUT2D eigenvalue weighted by atomic mass is 19.4. The molecular formula is C14H26F3N3O. The molecule has 0 spiro atoms. The quantitative estimate of drug-likeness (QED) is 0.816. The molecule has 1 heterocycles.